The molecule has 0 aliphatic rings. The molecule has 0 spiro atoms. The average Bonchev–Trinajstić information content (AvgIpc) is 2.26. The summed E-state index contributed by atoms with van der Waals surface area (Å²) in [6.45, 7) is 3.27. The highest BCUT2D eigenvalue weighted by molar-refractivity contribution is 6.33. The topological polar surface area (TPSA) is 87.0 Å². The number of rotatable bonds is 3. The van der Waals surface area contributed by atoms with Crippen LogP contribution in [0.4, 0.5) is 0 Å². The van der Waals surface area contributed by atoms with Gasteiger partial charge in [-0.05, 0) is 25.5 Å². The molecule has 0 radical (unpaired) electrons. The molecule has 0 heterocycles. The number of aliphatic hydroxyl groups is 1. The van der Waals surface area contributed by atoms with Crippen molar-refractivity contribution in [3.05, 3.63) is 22.2 Å². The van der Waals surface area contributed by atoms with Crippen LogP contribution in [0.5, 0.6) is 11.5 Å². The summed E-state index contributed by atoms with van der Waals surface area (Å²) in [5, 5.41) is 28.2. The van der Waals surface area contributed by atoms with E-state index in [0.717, 1.165) is 0 Å². The number of ether oxygens (including phenoxy) is 1. The fourth-order valence-electron chi connectivity index (χ4n) is 1.44. The van der Waals surface area contributed by atoms with Gasteiger partial charge in [0.05, 0.1) is 11.6 Å². The summed E-state index contributed by atoms with van der Waals surface area (Å²) >= 11 is 5.77. The second kappa shape index (κ2) is 5.25. The maximum absolute atomic E-state index is 11.4. The van der Waals surface area contributed by atoms with Gasteiger partial charge in [0.2, 0.25) is 0 Å². The molecule has 1 aromatic carbocycles. The maximum atomic E-state index is 11.4. The summed E-state index contributed by atoms with van der Waals surface area (Å²) in [6.07, 6.45) is -1.59. The smallest absolute Gasteiger partial charge is 0.339 e. The SMILES string of the molecule is CCOC(=O)C(O)c1c(C)cc(O)c(O)c1Cl. The van der Waals surface area contributed by atoms with E-state index >= 15 is 0 Å². The quantitative estimate of drug-likeness (QED) is 0.568. The molecule has 0 bridgehead atoms. The van der Waals surface area contributed by atoms with Gasteiger partial charge in [0.15, 0.2) is 17.6 Å². The van der Waals surface area contributed by atoms with Crippen LogP contribution in [-0.2, 0) is 9.53 Å². The zero-order valence-corrected chi connectivity index (χ0v) is 10.2. The molecular weight excluding hydrogens is 248 g/mol. The number of aliphatic hydroxyl groups excluding tert-OH is 1. The van der Waals surface area contributed by atoms with Crippen molar-refractivity contribution in [2.45, 2.75) is 20.0 Å². The van der Waals surface area contributed by atoms with Crippen LogP contribution in [0, 0.1) is 6.92 Å². The predicted octanol–water partition coefficient (Wildman–Crippen LogP) is 1.66. The molecule has 0 aliphatic heterocycles. The summed E-state index contributed by atoms with van der Waals surface area (Å²) in [4.78, 5) is 11.4. The largest absolute Gasteiger partial charge is 0.504 e. The van der Waals surface area contributed by atoms with Crippen LogP contribution in [-0.4, -0.2) is 27.9 Å². The number of phenolic OH excluding ortho intramolecular Hbond substituents is 2. The molecule has 17 heavy (non-hydrogen) atoms. The minimum Gasteiger partial charge on any atom is -0.504 e. The molecule has 1 unspecified atom stereocenters. The number of benzene rings is 1. The Kier molecular flexibility index (Phi) is 4.20. The number of aryl methyl sites for hydroxylation is 1. The first-order chi connectivity index (χ1) is 7.90. The lowest BCUT2D eigenvalue weighted by Crippen LogP contribution is -2.16. The van der Waals surface area contributed by atoms with Gasteiger partial charge < -0.3 is 20.1 Å². The number of aromatic hydroxyl groups is 2. The van der Waals surface area contributed by atoms with E-state index in [1.807, 2.05) is 0 Å². The van der Waals surface area contributed by atoms with Gasteiger partial charge >= 0.3 is 5.97 Å². The standard InChI is InChI=1S/C11H13ClO5/c1-3-17-11(16)10(15)7-5(2)4-6(13)9(14)8(7)12/h4,10,13-15H,3H2,1-2H3. The lowest BCUT2D eigenvalue weighted by Gasteiger charge is -2.15. The third-order valence-corrected chi connectivity index (χ3v) is 2.63. The number of hydrogen-bond acceptors (Lipinski definition) is 5. The Morgan fingerprint density at radius 2 is 2.12 bits per heavy atom. The normalized spacial score (nSPS) is 12.2. The lowest BCUT2D eigenvalue weighted by atomic mass is 10.0. The number of carbonyl (C=O) groups is 1. The number of halogens is 1. The molecule has 1 atom stereocenters. The van der Waals surface area contributed by atoms with Crippen molar-refractivity contribution in [2.75, 3.05) is 6.61 Å². The molecule has 94 valence electrons. The Bertz CT molecular complexity index is 444. The van der Waals surface area contributed by atoms with Crippen molar-refractivity contribution in [1.29, 1.82) is 0 Å². The highest BCUT2D eigenvalue weighted by Crippen LogP contribution is 2.40. The van der Waals surface area contributed by atoms with Gasteiger partial charge in [-0.3, -0.25) is 0 Å². The fraction of sp³-hybridized carbons (Fsp3) is 0.364. The Labute approximate surface area is 103 Å². The third-order valence-electron chi connectivity index (χ3n) is 2.25. The van der Waals surface area contributed by atoms with Crippen LogP contribution in [0.25, 0.3) is 0 Å². The first-order valence-electron chi connectivity index (χ1n) is 4.95. The second-order valence-electron chi connectivity index (χ2n) is 3.44. The van der Waals surface area contributed by atoms with Gasteiger partial charge in [0, 0.05) is 5.56 Å². The van der Waals surface area contributed by atoms with E-state index in [-0.39, 0.29) is 17.2 Å². The third kappa shape index (κ3) is 2.62. The van der Waals surface area contributed by atoms with Gasteiger partial charge in [-0.15, -0.1) is 0 Å². The summed E-state index contributed by atoms with van der Waals surface area (Å²) in [5.74, 6) is -1.84. The van der Waals surface area contributed by atoms with Gasteiger partial charge in [0.25, 0.3) is 0 Å². The van der Waals surface area contributed by atoms with Crippen LogP contribution >= 0.6 is 11.6 Å². The number of esters is 1. The minimum atomic E-state index is -1.59. The minimum absolute atomic E-state index is 0.0282. The van der Waals surface area contributed by atoms with E-state index < -0.39 is 23.6 Å². The highest BCUT2D eigenvalue weighted by Gasteiger charge is 2.26. The summed E-state index contributed by atoms with van der Waals surface area (Å²) in [6, 6.07) is 1.21. The first kappa shape index (κ1) is 13.6. The molecule has 0 saturated carbocycles. The number of carbonyl (C=O) groups excluding carboxylic acids is 1. The molecule has 0 saturated heterocycles. The molecular formula is C11H13ClO5. The van der Waals surface area contributed by atoms with Crippen molar-refractivity contribution < 1.29 is 24.9 Å². The van der Waals surface area contributed by atoms with Crippen LogP contribution < -0.4 is 0 Å². The molecule has 3 N–H and O–H groups in total. The van der Waals surface area contributed by atoms with Crippen LogP contribution in [0.3, 0.4) is 0 Å². The molecule has 5 nitrogen and oxygen atoms in total. The Morgan fingerprint density at radius 3 is 2.65 bits per heavy atom. The van der Waals surface area contributed by atoms with Crippen molar-refractivity contribution in [2.24, 2.45) is 0 Å². The average molecular weight is 261 g/mol. The van der Waals surface area contributed by atoms with E-state index in [4.69, 9.17) is 11.6 Å². The van der Waals surface area contributed by atoms with Crippen molar-refractivity contribution in [1.82, 2.24) is 0 Å². The summed E-state index contributed by atoms with van der Waals surface area (Å²) in [7, 11) is 0. The van der Waals surface area contributed by atoms with Crippen LogP contribution in [0.15, 0.2) is 6.07 Å². The van der Waals surface area contributed by atoms with E-state index in [2.05, 4.69) is 4.74 Å². The Hall–Kier alpha value is -1.46. The molecule has 6 heteroatoms. The maximum Gasteiger partial charge on any atom is 0.339 e. The van der Waals surface area contributed by atoms with Crippen molar-refractivity contribution in [3.63, 3.8) is 0 Å². The van der Waals surface area contributed by atoms with Crippen molar-refractivity contribution in [3.8, 4) is 11.5 Å². The van der Waals surface area contributed by atoms with E-state index in [9.17, 15) is 20.1 Å². The molecule has 0 amide bonds. The Morgan fingerprint density at radius 1 is 1.53 bits per heavy atom. The molecule has 1 aromatic rings. The summed E-state index contributed by atoms with van der Waals surface area (Å²) in [5.41, 5.74) is 0.409. The van der Waals surface area contributed by atoms with Crippen LogP contribution in [0.1, 0.15) is 24.2 Å². The molecule has 1 rings (SSSR count). The fourth-order valence-corrected chi connectivity index (χ4v) is 1.79. The Balaban J connectivity index is 3.22. The zero-order chi connectivity index (χ0) is 13.2. The molecule has 0 aliphatic carbocycles. The van der Waals surface area contributed by atoms with Gasteiger partial charge in [-0.2, -0.15) is 0 Å². The number of phenols is 2. The zero-order valence-electron chi connectivity index (χ0n) is 9.40. The van der Waals surface area contributed by atoms with E-state index in [0.29, 0.717) is 5.56 Å². The molecule has 0 fully saturated rings. The summed E-state index contributed by atoms with van der Waals surface area (Å²) < 4.78 is 4.65. The predicted molar refractivity (Wildman–Crippen MR) is 61.1 cm³/mol. The van der Waals surface area contributed by atoms with Gasteiger partial charge in [0.1, 0.15) is 0 Å². The van der Waals surface area contributed by atoms with Crippen molar-refractivity contribution >= 4 is 17.6 Å². The van der Waals surface area contributed by atoms with E-state index in [1.54, 1.807) is 13.8 Å². The molecule has 0 aromatic heterocycles. The van der Waals surface area contributed by atoms with Crippen LogP contribution in [0.2, 0.25) is 5.02 Å². The van der Waals surface area contributed by atoms with Gasteiger partial charge in [-0.25, -0.2) is 4.79 Å². The highest BCUT2D eigenvalue weighted by atomic mass is 35.5. The second-order valence-corrected chi connectivity index (χ2v) is 3.82. The lowest BCUT2D eigenvalue weighted by molar-refractivity contribution is -0.153. The van der Waals surface area contributed by atoms with E-state index in [1.165, 1.54) is 6.07 Å². The first-order valence-corrected chi connectivity index (χ1v) is 5.33. The number of hydrogen-bond donors (Lipinski definition) is 3. The van der Waals surface area contributed by atoms with Gasteiger partial charge in [-0.1, -0.05) is 11.6 Å². The monoisotopic (exact) mass is 260 g/mol.